The van der Waals surface area contributed by atoms with Crippen LogP contribution in [0.1, 0.15) is 41.0 Å². The van der Waals surface area contributed by atoms with E-state index in [0.29, 0.717) is 12.3 Å². The van der Waals surface area contributed by atoms with Crippen molar-refractivity contribution >= 4 is 5.91 Å². The lowest BCUT2D eigenvalue weighted by atomic mass is 9.97. The number of carbonyl (C=O) groups is 1. The standard InChI is InChI=1S/C22H26N2O/c25-22(15-19-10-9-18-6-3-4-8-21(18)19)23-12-14-24-13-11-17-5-1-2-7-20(17)16-24/h1-8,19H,9-16H2,(H,23,25)/t19-/m0/s1. The summed E-state index contributed by atoms with van der Waals surface area (Å²) >= 11 is 0. The maximum absolute atomic E-state index is 12.3. The van der Waals surface area contributed by atoms with Gasteiger partial charge >= 0.3 is 0 Å². The number of nitrogens with zero attached hydrogens (tertiary/aromatic N) is 1. The molecule has 1 heterocycles. The van der Waals surface area contributed by atoms with Gasteiger partial charge in [0, 0.05) is 32.6 Å². The number of carbonyl (C=O) groups excluding carboxylic acids is 1. The fourth-order valence-electron chi connectivity index (χ4n) is 4.25. The number of fused-ring (bicyclic) bond motifs is 2. The molecule has 0 unspecified atom stereocenters. The quantitative estimate of drug-likeness (QED) is 0.910. The molecule has 2 aromatic carbocycles. The van der Waals surface area contributed by atoms with Crippen LogP contribution in [0.15, 0.2) is 48.5 Å². The highest BCUT2D eigenvalue weighted by Crippen LogP contribution is 2.35. The Morgan fingerprint density at radius 3 is 2.64 bits per heavy atom. The van der Waals surface area contributed by atoms with Crippen LogP contribution >= 0.6 is 0 Å². The second-order valence-electron chi connectivity index (χ2n) is 7.28. The van der Waals surface area contributed by atoms with Gasteiger partial charge in [0.15, 0.2) is 0 Å². The fraction of sp³-hybridized carbons (Fsp3) is 0.409. The molecule has 1 atom stereocenters. The van der Waals surface area contributed by atoms with Gasteiger partial charge in [-0.25, -0.2) is 0 Å². The average molecular weight is 334 g/mol. The van der Waals surface area contributed by atoms with E-state index in [2.05, 4.69) is 58.7 Å². The molecule has 2 aliphatic rings. The number of rotatable bonds is 5. The number of amides is 1. The van der Waals surface area contributed by atoms with Gasteiger partial charge in [-0.05, 0) is 47.4 Å². The molecule has 0 bridgehead atoms. The van der Waals surface area contributed by atoms with Crippen molar-refractivity contribution in [2.45, 2.75) is 38.1 Å². The highest BCUT2D eigenvalue weighted by Gasteiger charge is 2.24. The van der Waals surface area contributed by atoms with E-state index < -0.39 is 0 Å². The summed E-state index contributed by atoms with van der Waals surface area (Å²) in [6, 6.07) is 17.2. The number of aryl methyl sites for hydroxylation is 1. The second kappa shape index (κ2) is 7.40. The fourth-order valence-corrected chi connectivity index (χ4v) is 4.25. The summed E-state index contributed by atoms with van der Waals surface area (Å²) in [6.07, 6.45) is 3.96. The summed E-state index contributed by atoms with van der Waals surface area (Å²) in [5.41, 5.74) is 5.71. The minimum atomic E-state index is 0.194. The van der Waals surface area contributed by atoms with Gasteiger partial charge in [-0.2, -0.15) is 0 Å². The first-order valence-electron chi connectivity index (χ1n) is 9.43. The Morgan fingerprint density at radius 1 is 1.00 bits per heavy atom. The van der Waals surface area contributed by atoms with Crippen molar-refractivity contribution in [3.63, 3.8) is 0 Å². The van der Waals surface area contributed by atoms with Gasteiger partial charge in [0.05, 0.1) is 0 Å². The molecule has 0 aromatic heterocycles. The van der Waals surface area contributed by atoms with E-state index in [-0.39, 0.29) is 5.91 Å². The van der Waals surface area contributed by atoms with Crippen LogP contribution in [0.5, 0.6) is 0 Å². The van der Waals surface area contributed by atoms with E-state index in [0.717, 1.165) is 45.4 Å². The Morgan fingerprint density at radius 2 is 1.76 bits per heavy atom. The predicted molar refractivity (Wildman–Crippen MR) is 101 cm³/mol. The highest BCUT2D eigenvalue weighted by atomic mass is 16.1. The van der Waals surface area contributed by atoms with Crippen LogP contribution in [0.3, 0.4) is 0 Å². The molecule has 1 aliphatic heterocycles. The third-order valence-corrected chi connectivity index (χ3v) is 5.65. The van der Waals surface area contributed by atoms with Crippen molar-refractivity contribution in [1.82, 2.24) is 10.2 Å². The van der Waals surface area contributed by atoms with Gasteiger partial charge in [-0.15, -0.1) is 0 Å². The summed E-state index contributed by atoms with van der Waals surface area (Å²) in [5, 5.41) is 3.13. The van der Waals surface area contributed by atoms with Crippen molar-refractivity contribution in [1.29, 1.82) is 0 Å². The van der Waals surface area contributed by atoms with E-state index in [1.807, 2.05) is 0 Å². The number of hydrogen-bond acceptors (Lipinski definition) is 2. The zero-order valence-electron chi connectivity index (χ0n) is 14.7. The van der Waals surface area contributed by atoms with E-state index in [1.54, 1.807) is 0 Å². The lowest BCUT2D eigenvalue weighted by molar-refractivity contribution is -0.121. The Hall–Kier alpha value is -2.13. The average Bonchev–Trinajstić information content (AvgIpc) is 3.05. The van der Waals surface area contributed by atoms with Gasteiger partial charge in [-0.3, -0.25) is 9.69 Å². The minimum Gasteiger partial charge on any atom is -0.355 e. The van der Waals surface area contributed by atoms with Crippen molar-refractivity contribution in [2.24, 2.45) is 0 Å². The van der Waals surface area contributed by atoms with Gasteiger partial charge in [0.25, 0.3) is 0 Å². The van der Waals surface area contributed by atoms with Gasteiger partial charge in [0.2, 0.25) is 5.91 Å². The molecule has 1 N–H and O–H groups in total. The Bertz CT molecular complexity index is 755. The molecule has 3 nitrogen and oxygen atoms in total. The summed E-state index contributed by atoms with van der Waals surface area (Å²) < 4.78 is 0. The topological polar surface area (TPSA) is 32.3 Å². The number of benzene rings is 2. The first kappa shape index (κ1) is 16.3. The zero-order chi connectivity index (χ0) is 17.1. The largest absolute Gasteiger partial charge is 0.355 e. The molecule has 0 saturated heterocycles. The molecule has 2 aromatic rings. The smallest absolute Gasteiger partial charge is 0.220 e. The summed E-state index contributed by atoms with van der Waals surface area (Å²) in [6.45, 7) is 3.77. The molecule has 1 amide bonds. The first-order valence-corrected chi connectivity index (χ1v) is 9.43. The van der Waals surface area contributed by atoms with Crippen molar-refractivity contribution in [3.05, 3.63) is 70.8 Å². The van der Waals surface area contributed by atoms with E-state index in [1.165, 1.54) is 22.3 Å². The van der Waals surface area contributed by atoms with Gasteiger partial charge in [-0.1, -0.05) is 48.5 Å². The number of hydrogen-bond donors (Lipinski definition) is 1. The summed E-state index contributed by atoms with van der Waals surface area (Å²) in [7, 11) is 0. The molecule has 130 valence electrons. The van der Waals surface area contributed by atoms with Crippen LogP contribution in [0, 0.1) is 0 Å². The van der Waals surface area contributed by atoms with E-state index >= 15 is 0 Å². The number of nitrogens with one attached hydrogen (secondary N) is 1. The van der Waals surface area contributed by atoms with Gasteiger partial charge < -0.3 is 5.32 Å². The molecule has 4 rings (SSSR count). The Labute approximate surface area is 150 Å². The second-order valence-corrected chi connectivity index (χ2v) is 7.28. The SMILES string of the molecule is O=C(C[C@@H]1CCc2ccccc21)NCCN1CCc2ccccc2C1. The first-order chi connectivity index (χ1) is 12.3. The Balaban J connectivity index is 1.23. The molecule has 3 heteroatoms. The maximum Gasteiger partial charge on any atom is 0.220 e. The molecule has 0 fully saturated rings. The molecule has 0 saturated carbocycles. The summed E-state index contributed by atoms with van der Waals surface area (Å²) in [4.78, 5) is 14.8. The molecular weight excluding hydrogens is 308 g/mol. The molecular formula is C22H26N2O. The van der Waals surface area contributed by atoms with Crippen LogP contribution in [-0.2, 0) is 24.2 Å². The van der Waals surface area contributed by atoms with Crippen LogP contribution in [-0.4, -0.2) is 30.4 Å². The predicted octanol–water partition coefficient (Wildman–Crippen LogP) is 3.28. The van der Waals surface area contributed by atoms with E-state index in [9.17, 15) is 4.79 Å². The van der Waals surface area contributed by atoms with Crippen LogP contribution in [0.4, 0.5) is 0 Å². The highest BCUT2D eigenvalue weighted by molar-refractivity contribution is 5.77. The van der Waals surface area contributed by atoms with E-state index in [4.69, 9.17) is 0 Å². The maximum atomic E-state index is 12.3. The minimum absolute atomic E-state index is 0.194. The Kier molecular flexibility index (Phi) is 4.84. The molecule has 25 heavy (non-hydrogen) atoms. The van der Waals surface area contributed by atoms with Crippen molar-refractivity contribution in [2.75, 3.05) is 19.6 Å². The zero-order valence-corrected chi connectivity index (χ0v) is 14.7. The van der Waals surface area contributed by atoms with Crippen LogP contribution in [0.25, 0.3) is 0 Å². The lowest BCUT2D eigenvalue weighted by Crippen LogP contribution is -2.38. The molecule has 0 spiro atoms. The third kappa shape index (κ3) is 3.77. The molecule has 0 radical (unpaired) electrons. The lowest BCUT2D eigenvalue weighted by Gasteiger charge is -2.28. The van der Waals surface area contributed by atoms with Crippen molar-refractivity contribution < 1.29 is 4.79 Å². The normalized spacial score (nSPS) is 19.3. The van der Waals surface area contributed by atoms with Crippen LogP contribution < -0.4 is 5.32 Å². The van der Waals surface area contributed by atoms with Crippen molar-refractivity contribution in [3.8, 4) is 0 Å². The summed E-state index contributed by atoms with van der Waals surface area (Å²) in [5.74, 6) is 0.595. The van der Waals surface area contributed by atoms with Gasteiger partial charge in [0.1, 0.15) is 0 Å². The molecule has 1 aliphatic carbocycles. The third-order valence-electron chi connectivity index (χ3n) is 5.65. The monoisotopic (exact) mass is 334 g/mol. The van der Waals surface area contributed by atoms with Crippen LogP contribution in [0.2, 0.25) is 0 Å².